The summed E-state index contributed by atoms with van der Waals surface area (Å²) in [6.45, 7) is 7.12. The summed E-state index contributed by atoms with van der Waals surface area (Å²) in [5, 5.41) is -0.0251. The second-order valence-electron chi connectivity index (χ2n) is 4.30. The summed E-state index contributed by atoms with van der Waals surface area (Å²) >= 11 is 6.21. The van der Waals surface area contributed by atoms with E-state index in [0.29, 0.717) is 6.61 Å². The molecule has 1 aromatic carbocycles. The summed E-state index contributed by atoms with van der Waals surface area (Å²) in [7, 11) is -1.44. The fourth-order valence-electron chi connectivity index (χ4n) is 1.08. The van der Waals surface area contributed by atoms with Crippen molar-refractivity contribution in [1.82, 2.24) is 0 Å². The van der Waals surface area contributed by atoms with Gasteiger partial charge in [-0.25, -0.2) is 0 Å². The second-order valence-corrected chi connectivity index (χ2v) is 9.34. The van der Waals surface area contributed by atoms with Gasteiger partial charge < -0.3 is 4.43 Å². The lowest BCUT2D eigenvalue weighted by Crippen LogP contribution is -2.27. The second kappa shape index (κ2) is 4.96. The zero-order valence-electron chi connectivity index (χ0n) is 8.96. The average Bonchev–Trinajstić information content (AvgIpc) is 2.14. The van der Waals surface area contributed by atoms with Crippen LogP contribution < -0.4 is 0 Å². The molecule has 0 aromatic heterocycles. The maximum Gasteiger partial charge on any atom is 0.183 e. The minimum atomic E-state index is -1.44. The van der Waals surface area contributed by atoms with Crippen molar-refractivity contribution in [2.45, 2.75) is 25.0 Å². The molecule has 0 aliphatic heterocycles. The van der Waals surface area contributed by atoms with Crippen LogP contribution in [0.25, 0.3) is 0 Å². The van der Waals surface area contributed by atoms with Crippen molar-refractivity contribution in [2.75, 3.05) is 6.61 Å². The van der Waals surface area contributed by atoms with Gasteiger partial charge in [0.25, 0.3) is 0 Å². The summed E-state index contributed by atoms with van der Waals surface area (Å²) in [4.78, 5) is 0. The average molecular weight is 229 g/mol. The van der Waals surface area contributed by atoms with Gasteiger partial charge >= 0.3 is 0 Å². The van der Waals surface area contributed by atoms with Crippen LogP contribution in [0, 0.1) is 0 Å². The smallest absolute Gasteiger partial charge is 0.183 e. The van der Waals surface area contributed by atoms with E-state index < -0.39 is 8.32 Å². The van der Waals surface area contributed by atoms with Crippen LogP contribution >= 0.6 is 11.6 Å². The Bertz CT molecular complexity index is 268. The summed E-state index contributed by atoms with van der Waals surface area (Å²) < 4.78 is 5.75. The highest BCUT2D eigenvalue weighted by molar-refractivity contribution is 6.69. The van der Waals surface area contributed by atoms with Crippen LogP contribution in [0.5, 0.6) is 0 Å². The van der Waals surface area contributed by atoms with Crippen LogP contribution in [0.1, 0.15) is 10.9 Å². The van der Waals surface area contributed by atoms with Crippen LogP contribution in [0.15, 0.2) is 30.3 Å². The molecule has 0 aliphatic carbocycles. The molecule has 0 spiro atoms. The van der Waals surface area contributed by atoms with Gasteiger partial charge in [-0.3, -0.25) is 0 Å². The predicted molar refractivity (Wildman–Crippen MR) is 64.3 cm³/mol. The van der Waals surface area contributed by atoms with E-state index in [0.717, 1.165) is 5.56 Å². The Morgan fingerprint density at radius 1 is 1.21 bits per heavy atom. The molecule has 1 nitrogen and oxygen atoms in total. The normalized spacial score (nSPS) is 14.0. The van der Waals surface area contributed by atoms with Crippen molar-refractivity contribution in [3.05, 3.63) is 35.9 Å². The molecule has 3 heteroatoms. The zero-order chi connectivity index (χ0) is 10.6. The van der Waals surface area contributed by atoms with Crippen LogP contribution in [0.2, 0.25) is 19.6 Å². The van der Waals surface area contributed by atoms with Crippen molar-refractivity contribution >= 4 is 19.9 Å². The largest absolute Gasteiger partial charge is 0.416 e. The van der Waals surface area contributed by atoms with E-state index in [1.54, 1.807) is 0 Å². The summed E-state index contributed by atoms with van der Waals surface area (Å²) in [5.74, 6) is 0. The summed E-state index contributed by atoms with van der Waals surface area (Å²) in [5.41, 5.74) is 1.13. The molecule has 1 rings (SSSR count). The third kappa shape index (κ3) is 4.27. The molecule has 14 heavy (non-hydrogen) atoms. The van der Waals surface area contributed by atoms with E-state index in [9.17, 15) is 0 Å². The molecule has 0 saturated carbocycles. The maximum atomic E-state index is 6.21. The van der Waals surface area contributed by atoms with Crippen molar-refractivity contribution in [3.63, 3.8) is 0 Å². The molecule has 0 fully saturated rings. The van der Waals surface area contributed by atoms with Gasteiger partial charge in [-0.05, 0) is 25.2 Å². The Labute approximate surface area is 92.2 Å². The van der Waals surface area contributed by atoms with Crippen LogP contribution in [0.4, 0.5) is 0 Å². The predicted octanol–water partition coefficient (Wildman–Crippen LogP) is 3.82. The van der Waals surface area contributed by atoms with E-state index >= 15 is 0 Å². The highest BCUT2D eigenvalue weighted by atomic mass is 35.5. The molecule has 0 bridgehead atoms. The van der Waals surface area contributed by atoms with Gasteiger partial charge in [0.1, 0.15) is 0 Å². The Hall–Kier alpha value is -0.313. The highest BCUT2D eigenvalue weighted by Gasteiger charge is 2.17. The molecule has 1 aromatic rings. The van der Waals surface area contributed by atoms with Gasteiger partial charge in [0.2, 0.25) is 0 Å². The molecule has 0 amide bonds. The fourth-order valence-corrected chi connectivity index (χ4v) is 2.06. The molecule has 1 atom stereocenters. The molecular formula is C11H17ClOSi. The monoisotopic (exact) mass is 228 g/mol. The number of hydrogen-bond donors (Lipinski definition) is 0. The lowest BCUT2D eigenvalue weighted by Gasteiger charge is -2.19. The first kappa shape index (κ1) is 11.8. The quantitative estimate of drug-likeness (QED) is 0.563. The molecule has 0 radical (unpaired) electrons. The van der Waals surface area contributed by atoms with E-state index in [1.807, 2.05) is 30.3 Å². The zero-order valence-corrected chi connectivity index (χ0v) is 10.7. The molecule has 0 aliphatic rings. The van der Waals surface area contributed by atoms with E-state index in [-0.39, 0.29) is 5.38 Å². The standard InChI is InChI=1S/C11H17ClOSi/c1-14(2,3)13-9-11(12)10-7-5-4-6-8-10/h4-8,11H,9H2,1-3H3. The molecular weight excluding hydrogens is 212 g/mol. The number of hydrogen-bond acceptors (Lipinski definition) is 1. The first-order valence-electron chi connectivity index (χ1n) is 4.82. The molecule has 1 unspecified atom stereocenters. The molecule has 0 saturated heterocycles. The lowest BCUT2D eigenvalue weighted by atomic mass is 10.2. The van der Waals surface area contributed by atoms with E-state index in [4.69, 9.17) is 16.0 Å². The van der Waals surface area contributed by atoms with Gasteiger partial charge in [-0.2, -0.15) is 0 Å². The molecule has 78 valence electrons. The Morgan fingerprint density at radius 3 is 2.29 bits per heavy atom. The third-order valence-electron chi connectivity index (χ3n) is 1.82. The summed E-state index contributed by atoms with van der Waals surface area (Å²) in [6, 6.07) is 10.1. The van der Waals surface area contributed by atoms with Crippen molar-refractivity contribution in [1.29, 1.82) is 0 Å². The number of rotatable bonds is 4. The first-order chi connectivity index (χ1) is 6.49. The van der Waals surface area contributed by atoms with Gasteiger partial charge in [0.15, 0.2) is 8.32 Å². The minimum absolute atomic E-state index is 0.0251. The number of halogens is 1. The fraction of sp³-hybridized carbons (Fsp3) is 0.455. The van der Waals surface area contributed by atoms with Crippen molar-refractivity contribution in [2.24, 2.45) is 0 Å². The maximum absolute atomic E-state index is 6.21. The SMILES string of the molecule is C[Si](C)(C)OCC(Cl)c1ccccc1. The minimum Gasteiger partial charge on any atom is -0.416 e. The summed E-state index contributed by atoms with van der Waals surface area (Å²) in [6.07, 6.45) is 0. The van der Waals surface area contributed by atoms with Crippen LogP contribution in [-0.4, -0.2) is 14.9 Å². The van der Waals surface area contributed by atoms with Crippen molar-refractivity contribution in [3.8, 4) is 0 Å². The van der Waals surface area contributed by atoms with E-state index in [1.165, 1.54) is 0 Å². The van der Waals surface area contributed by atoms with Gasteiger partial charge in [-0.15, -0.1) is 11.6 Å². The van der Waals surface area contributed by atoms with E-state index in [2.05, 4.69) is 19.6 Å². The Morgan fingerprint density at radius 2 is 1.79 bits per heavy atom. The van der Waals surface area contributed by atoms with Crippen molar-refractivity contribution < 1.29 is 4.43 Å². The van der Waals surface area contributed by atoms with Gasteiger partial charge in [0, 0.05) is 0 Å². The van der Waals surface area contributed by atoms with Crippen LogP contribution in [-0.2, 0) is 4.43 Å². The lowest BCUT2D eigenvalue weighted by molar-refractivity contribution is 0.310. The first-order valence-corrected chi connectivity index (χ1v) is 8.66. The number of benzene rings is 1. The third-order valence-corrected chi connectivity index (χ3v) is 3.23. The van der Waals surface area contributed by atoms with Gasteiger partial charge in [-0.1, -0.05) is 30.3 Å². The Kier molecular flexibility index (Phi) is 4.17. The van der Waals surface area contributed by atoms with Crippen LogP contribution in [0.3, 0.4) is 0 Å². The van der Waals surface area contributed by atoms with Gasteiger partial charge in [0.05, 0.1) is 12.0 Å². The number of alkyl halides is 1. The highest BCUT2D eigenvalue weighted by Crippen LogP contribution is 2.21. The topological polar surface area (TPSA) is 9.23 Å². The molecule has 0 heterocycles. The molecule has 0 N–H and O–H groups in total. The Balaban J connectivity index is 2.48.